The highest BCUT2D eigenvalue weighted by molar-refractivity contribution is 6.04. The Bertz CT molecular complexity index is 612. The Morgan fingerprint density at radius 2 is 1.65 bits per heavy atom. The number of hydrogen-bond donors (Lipinski definition) is 1. The Labute approximate surface area is 136 Å². The molecule has 0 saturated carbocycles. The summed E-state index contributed by atoms with van der Waals surface area (Å²) < 4.78 is 4.43. The first-order valence-corrected chi connectivity index (χ1v) is 7.10. The van der Waals surface area contributed by atoms with Crippen molar-refractivity contribution in [1.82, 2.24) is 5.32 Å². The predicted molar refractivity (Wildman–Crippen MR) is 88.2 cm³/mol. The topological polar surface area (TPSA) is 75.7 Å². The minimum Gasteiger partial charge on any atom is -0.466 e. The SMILES string of the molecule is COC(=O)/C=C/C(=O)N(C)c1ccc(C(=O)NC(C)(C)C)cc1. The second-order valence-electron chi connectivity index (χ2n) is 6.00. The van der Waals surface area contributed by atoms with Gasteiger partial charge in [-0.2, -0.15) is 0 Å². The minimum absolute atomic E-state index is 0.177. The summed E-state index contributed by atoms with van der Waals surface area (Å²) in [6, 6.07) is 6.62. The number of amides is 2. The van der Waals surface area contributed by atoms with Crippen LogP contribution in [0.2, 0.25) is 0 Å². The Morgan fingerprint density at radius 3 is 2.13 bits per heavy atom. The average molecular weight is 318 g/mol. The van der Waals surface area contributed by atoms with Gasteiger partial charge in [-0.05, 0) is 45.0 Å². The maximum Gasteiger partial charge on any atom is 0.330 e. The lowest BCUT2D eigenvalue weighted by Gasteiger charge is -2.21. The minimum atomic E-state index is -0.596. The molecule has 0 radical (unpaired) electrons. The highest BCUT2D eigenvalue weighted by atomic mass is 16.5. The van der Waals surface area contributed by atoms with E-state index in [-0.39, 0.29) is 17.4 Å². The van der Waals surface area contributed by atoms with Crippen LogP contribution in [0.4, 0.5) is 5.69 Å². The molecule has 1 rings (SSSR count). The van der Waals surface area contributed by atoms with E-state index in [0.29, 0.717) is 11.3 Å². The molecule has 6 heteroatoms. The first-order chi connectivity index (χ1) is 10.6. The van der Waals surface area contributed by atoms with Gasteiger partial charge in [-0.1, -0.05) is 0 Å². The largest absolute Gasteiger partial charge is 0.466 e. The predicted octanol–water partition coefficient (Wildman–Crippen LogP) is 1.91. The number of methoxy groups -OCH3 is 1. The third-order valence-electron chi connectivity index (χ3n) is 2.90. The van der Waals surface area contributed by atoms with Crippen LogP contribution in [0.15, 0.2) is 36.4 Å². The number of likely N-dealkylation sites (N-methyl/N-ethyl adjacent to an activating group) is 1. The van der Waals surface area contributed by atoms with Crippen LogP contribution in [0.3, 0.4) is 0 Å². The van der Waals surface area contributed by atoms with Crippen molar-refractivity contribution < 1.29 is 19.1 Å². The molecule has 0 aromatic heterocycles. The van der Waals surface area contributed by atoms with Gasteiger partial charge in [-0.25, -0.2) is 4.79 Å². The lowest BCUT2D eigenvalue weighted by atomic mass is 10.1. The molecule has 0 aliphatic rings. The summed E-state index contributed by atoms with van der Waals surface area (Å²) in [7, 11) is 2.82. The van der Waals surface area contributed by atoms with Crippen LogP contribution in [-0.2, 0) is 14.3 Å². The second kappa shape index (κ2) is 7.58. The van der Waals surface area contributed by atoms with Gasteiger partial charge in [0, 0.05) is 36.0 Å². The molecule has 0 spiro atoms. The number of benzene rings is 1. The quantitative estimate of drug-likeness (QED) is 0.679. The van der Waals surface area contributed by atoms with Gasteiger partial charge >= 0.3 is 5.97 Å². The number of nitrogens with zero attached hydrogens (tertiary/aromatic N) is 1. The summed E-state index contributed by atoms with van der Waals surface area (Å²) in [5, 5.41) is 2.86. The zero-order valence-corrected chi connectivity index (χ0v) is 14.0. The fourth-order valence-electron chi connectivity index (χ4n) is 1.70. The van der Waals surface area contributed by atoms with Gasteiger partial charge in [0.25, 0.3) is 11.8 Å². The number of ether oxygens (including phenoxy) is 1. The van der Waals surface area contributed by atoms with Crippen LogP contribution >= 0.6 is 0 Å². The monoisotopic (exact) mass is 318 g/mol. The number of carbonyl (C=O) groups excluding carboxylic acids is 3. The second-order valence-corrected chi connectivity index (χ2v) is 6.00. The Balaban J connectivity index is 2.79. The average Bonchev–Trinajstić information content (AvgIpc) is 2.49. The van der Waals surface area contributed by atoms with E-state index in [2.05, 4.69) is 10.1 Å². The van der Waals surface area contributed by atoms with E-state index in [9.17, 15) is 14.4 Å². The molecular formula is C17H22N2O4. The molecule has 0 saturated heterocycles. The van der Waals surface area contributed by atoms with E-state index in [1.165, 1.54) is 12.0 Å². The standard InChI is InChI=1S/C17H22N2O4/c1-17(2,3)18-16(22)12-6-8-13(9-7-12)19(4)14(20)10-11-15(21)23-5/h6-11H,1-5H3,(H,18,22)/b11-10+. The van der Waals surface area contributed by atoms with Crippen LogP contribution in [0, 0.1) is 0 Å². The maximum absolute atomic E-state index is 12.0. The number of anilines is 1. The molecule has 6 nitrogen and oxygen atoms in total. The third-order valence-corrected chi connectivity index (χ3v) is 2.90. The van der Waals surface area contributed by atoms with Crippen LogP contribution in [-0.4, -0.2) is 37.5 Å². The van der Waals surface area contributed by atoms with Crippen molar-refractivity contribution in [3.8, 4) is 0 Å². The van der Waals surface area contributed by atoms with Crippen LogP contribution < -0.4 is 10.2 Å². The van der Waals surface area contributed by atoms with E-state index in [4.69, 9.17) is 0 Å². The molecule has 0 aliphatic heterocycles. The summed E-state index contributed by atoms with van der Waals surface area (Å²) in [5.74, 6) is -1.15. The van der Waals surface area contributed by atoms with Crippen LogP contribution in [0.1, 0.15) is 31.1 Å². The van der Waals surface area contributed by atoms with Crippen molar-refractivity contribution in [2.75, 3.05) is 19.1 Å². The van der Waals surface area contributed by atoms with E-state index in [0.717, 1.165) is 12.2 Å². The fourth-order valence-corrected chi connectivity index (χ4v) is 1.70. The van der Waals surface area contributed by atoms with Gasteiger partial charge in [-0.15, -0.1) is 0 Å². The summed E-state index contributed by atoms with van der Waals surface area (Å²) in [6.07, 6.45) is 2.19. The lowest BCUT2D eigenvalue weighted by molar-refractivity contribution is -0.135. The van der Waals surface area contributed by atoms with Crippen molar-refractivity contribution in [3.05, 3.63) is 42.0 Å². The molecule has 2 amide bonds. The van der Waals surface area contributed by atoms with E-state index < -0.39 is 5.97 Å². The molecular weight excluding hydrogens is 296 g/mol. The van der Waals surface area contributed by atoms with E-state index in [1.54, 1.807) is 31.3 Å². The smallest absolute Gasteiger partial charge is 0.330 e. The molecule has 1 aromatic rings. The molecule has 124 valence electrons. The van der Waals surface area contributed by atoms with Crippen molar-refractivity contribution in [1.29, 1.82) is 0 Å². The summed E-state index contributed by atoms with van der Waals surface area (Å²) in [4.78, 5) is 36.3. The Kier molecular flexibility index (Phi) is 6.07. The highest BCUT2D eigenvalue weighted by Gasteiger charge is 2.15. The lowest BCUT2D eigenvalue weighted by Crippen LogP contribution is -2.40. The number of rotatable bonds is 4. The number of esters is 1. The van der Waals surface area contributed by atoms with Crippen LogP contribution in [0.25, 0.3) is 0 Å². The van der Waals surface area contributed by atoms with Gasteiger partial charge in [-0.3, -0.25) is 9.59 Å². The molecule has 0 unspecified atom stereocenters. The first kappa shape index (κ1) is 18.4. The van der Waals surface area contributed by atoms with Gasteiger partial charge in [0.05, 0.1) is 7.11 Å². The maximum atomic E-state index is 12.0. The molecule has 1 aromatic carbocycles. The van der Waals surface area contributed by atoms with Gasteiger partial charge < -0.3 is 15.0 Å². The zero-order chi connectivity index (χ0) is 17.6. The molecule has 0 heterocycles. The number of carbonyl (C=O) groups is 3. The normalized spacial score (nSPS) is 11.2. The third kappa shape index (κ3) is 5.94. The zero-order valence-electron chi connectivity index (χ0n) is 14.0. The Hall–Kier alpha value is -2.63. The van der Waals surface area contributed by atoms with Crippen molar-refractivity contribution in [2.45, 2.75) is 26.3 Å². The van der Waals surface area contributed by atoms with Crippen molar-refractivity contribution in [2.24, 2.45) is 0 Å². The van der Waals surface area contributed by atoms with Crippen LogP contribution in [0.5, 0.6) is 0 Å². The van der Waals surface area contributed by atoms with Gasteiger partial charge in [0.2, 0.25) is 0 Å². The van der Waals surface area contributed by atoms with Gasteiger partial charge in [0.1, 0.15) is 0 Å². The molecule has 0 fully saturated rings. The molecule has 0 aliphatic carbocycles. The van der Waals surface area contributed by atoms with E-state index >= 15 is 0 Å². The fraction of sp³-hybridized carbons (Fsp3) is 0.353. The first-order valence-electron chi connectivity index (χ1n) is 7.10. The molecule has 0 bridgehead atoms. The number of hydrogen-bond acceptors (Lipinski definition) is 4. The van der Waals surface area contributed by atoms with Gasteiger partial charge in [0.15, 0.2) is 0 Å². The molecule has 1 N–H and O–H groups in total. The van der Waals surface area contributed by atoms with E-state index in [1.807, 2.05) is 20.8 Å². The Morgan fingerprint density at radius 1 is 1.09 bits per heavy atom. The summed E-state index contributed by atoms with van der Waals surface area (Å²) >= 11 is 0. The summed E-state index contributed by atoms with van der Waals surface area (Å²) in [6.45, 7) is 5.71. The summed E-state index contributed by atoms with van der Waals surface area (Å²) in [5.41, 5.74) is 0.799. The van der Waals surface area contributed by atoms with Crippen molar-refractivity contribution in [3.63, 3.8) is 0 Å². The molecule has 0 atom stereocenters. The van der Waals surface area contributed by atoms with Crippen molar-refractivity contribution >= 4 is 23.5 Å². The highest BCUT2D eigenvalue weighted by Crippen LogP contribution is 2.15. The molecule has 23 heavy (non-hydrogen) atoms. The number of nitrogens with one attached hydrogen (secondary N) is 1.